The van der Waals surface area contributed by atoms with Crippen molar-refractivity contribution in [2.45, 2.75) is 19.3 Å². The Kier molecular flexibility index (Phi) is 3.66. The number of nitrogens with zero attached hydrogens (tertiary/aromatic N) is 1. The quantitative estimate of drug-likeness (QED) is 0.844. The highest BCUT2D eigenvalue weighted by atomic mass is 35.5. The Labute approximate surface area is 104 Å². The lowest BCUT2D eigenvalue weighted by Crippen LogP contribution is -2.25. The minimum Gasteiger partial charge on any atom is -0.352 e. The van der Waals surface area contributed by atoms with Gasteiger partial charge in [-0.15, -0.1) is 0 Å². The number of hydrogen-bond acceptors (Lipinski definition) is 2. The summed E-state index contributed by atoms with van der Waals surface area (Å²) in [6.07, 6.45) is 5.01. The van der Waals surface area contributed by atoms with Crippen molar-refractivity contribution in [2.24, 2.45) is 5.92 Å². The van der Waals surface area contributed by atoms with Crippen molar-refractivity contribution in [2.75, 3.05) is 6.54 Å². The Hall–Kier alpha value is -0.800. The van der Waals surface area contributed by atoms with Crippen molar-refractivity contribution in [1.29, 1.82) is 0 Å². The van der Waals surface area contributed by atoms with Gasteiger partial charge in [0, 0.05) is 12.7 Å². The molecule has 1 aliphatic carbocycles. The predicted octanol–water partition coefficient (Wildman–Crippen LogP) is 2.92. The molecule has 0 aromatic carbocycles. The molecule has 0 atom stereocenters. The third kappa shape index (κ3) is 3.09. The van der Waals surface area contributed by atoms with E-state index in [1.807, 2.05) is 0 Å². The summed E-state index contributed by atoms with van der Waals surface area (Å²) in [4.78, 5) is 15.5. The van der Waals surface area contributed by atoms with E-state index in [1.54, 1.807) is 0 Å². The molecule has 5 heteroatoms. The van der Waals surface area contributed by atoms with Gasteiger partial charge in [-0.05, 0) is 18.4 Å². The van der Waals surface area contributed by atoms with Gasteiger partial charge >= 0.3 is 0 Å². The van der Waals surface area contributed by atoms with Crippen LogP contribution in [0.2, 0.25) is 10.2 Å². The summed E-state index contributed by atoms with van der Waals surface area (Å²) < 4.78 is 0. The summed E-state index contributed by atoms with van der Waals surface area (Å²) in [6, 6.07) is 1.48. The van der Waals surface area contributed by atoms with E-state index >= 15 is 0 Å². The second-order valence-corrected chi connectivity index (χ2v) is 4.77. The van der Waals surface area contributed by atoms with Gasteiger partial charge in [0.2, 0.25) is 0 Å². The molecule has 16 heavy (non-hydrogen) atoms. The molecule has 0 aliphatic heterocycles. The topological polar surface area (TPSA) is 42.0 Å². The smallest absolute Gasteiger partial charge is 0.252 e. The molecule has 1 saturated carbocycles. The summed E-state index contributed by atoms with van der Waals surface area (Å²) in [6.45, 7) is 0.694. The predicted molar refractivity (Wildman–Crippen MR) is 63.9 cm³/mol. The first-order valence-corrected chi connectivity index (χ1v) is 6.01. The normalized spacial score (nSPS) is 14.9. The molecule has 0 saturated heterocycles. The van der Waals surface area contributed by atoms with Crippen molar-refractivity contribution in [3.8, 4) is 0 Å². The molecule has 0 spiro atoms. The number of carbonyl (C=O) groups excluding carboxylic acids is 1. The molecule has 0 unspecified atom stereocenters. The molecule has 1 aliphatic rings. The number of aromatic nitrogens is 1. The SMILES string of the molecule is O=C(NCCC1CC1)c1cc(Cl)ncc1Cl. The average molecular weight is 259 g/mol. The number of halogens is 2. The number of hydrogen-bond donors (Lipinski definition) is 1. The monoisotopic (exact) mass is 258 g/mol. The van der Waals surface area contributed by atoms with E-state index in [2.05, 4.69) is 10.3 Å². The maximum atomic E-state index is 11.7. The summed E-state index contributed by atoms with van der Waals surface area (Å²) in [5.41, 5.74) is 0.387. The molecule has 1 aromatic rings. The fourth-order valence-corrected chi connectivity index (χ4v) is 1.83. The van der Waals surface area contributed by atoms with Crippen LogP contribution in [0.1, 0.15) is 29.6 Å². The van der Waals surface area contributed by atoms with E-state index < -0.39 is 0 Å². The minimum atomic E-state index is -0.185. The first-order chi connectivity index (χ1) is 7.66. The largest absolute Gasteiger partial charge is 0.352 e. The Bertz CT molecular complexity index is 405. The van der Waals surface area contributed by atoms with Gasteiger partial charge in [0.25, 0.3) is 5.91 Å². The minimum absolute atomic E-state index is 0.185. The molecule has 1 aromatic heterocycles. The van der Waals surface area contributed by atoms with E-state index in [-0.39, 0.29) is 11.1 Å². The van der Waals surface area contributed by atoms with Crippen LogP contribution in [0.5, 0.6) is 0 Å². The van der Waals surface area contributed by atoms with Gasteiger partial charge in [0.1, 0.15) is 5.15 Å². The van der Waals surface area contributed by atoms with Crippen molar-refractivity contribution >= 4 is 29.1 Å². The number of rotatable bonds is 4. The Morgan fingerprint density at radius 3 is 2.94 bits per heavy atom. The Morgan fingerprint density at radius 1 is 1.50 bits per heavy atom. The first-order valence-electron chi connectivity index (χ1n) is 5.26. The number of pyridine rings is 1. The van der Waals surface area contributed by atoms with Crippen LogP contribution >= 0.6 is 23.2 Å². The average Bonchev–Trinajstić information content (AvgIpc) is 3.05. The molecule has 0 bridgehead atoms. The molecule has 1 amide bonds. The van der Waals surface area contributed by atoms with Gasteiger partial charge in [-0.3, -0.25) is 4.79 Å². The lowest BCUT2D eigenvalue weighted by molar-refractivity contribution is 0.0952. The van der Waals surface area contributed by atoms with Crippen molar-refractivity contribution in [1.82, 2.24) is 10.3 Å². The van der Waals surface area contributed by atoms with Gasteiger partial charge in [-0.25, -0.2) is 4.98 Å². The van der Waals surface area contributed by atoms with Crippen LogP contribution in [-0.2, 0) is 0 Å². The molecule has 2 rings (SSSR count). The molecule has 1 heterocycles. The fourth-order valence-electron chi connectivity index (χ4n) is 1.48. The Morgan fingerprint density at radius 2 is 2.25 bits per heavy atom. The second kappa shape index (κ2) is 5.02. The molecule has 3 nitrogen and oxygen atoms in total. The second-order valence-electron chi connectivity index (χ2n) is 3.97. The Balaban J connectivity index is 1.93. The van der Waals surface area contributed by atoms with Crippen molar-refractivity contribution in [3.63, 3.8) is 0 Å². The number of nitrogens with one attached hydrogen (secondary N) is 1. The lowest BCUT2D eigenvalue weighted by Gasteiger charge is -2.06. The van der Waals surface area contributed by atoms with E-state index in [1.165, 1.54) is 25.1 Å². The van der Waals surface area contributed by atoms with Crippen LogP contribution in [0.25, 0.3) is 0 Å². The van der Waals surface area contributed by atoms with E-state index in [4.69, 9.17) is 23.2 Å². The van der Waals surface area contributed by atoms with E-state index in [0.29, 0.717) is 17.1 Å². The number of amides is 1. The highest BCUT2D eigenvalue weighted by molar-refractivity contribution is 6.35. The highest BCUT2D eigenvalue weighted by Gasteiger charge is 2.21. The van der Waals surface area contributed by atoms with Gasteiger partial charge < -0.3 is 5.32 Å². The zero-order valence-corrected chi connectivity index (χ0v) is 10.2. The molecule has 1 fully saturated rings. The first kappa shape index (κ1) is 11.7. The zero-order valence-electron chi connectivity index (χ0n) is 8.67. The van der Waals surface area contributed by atoms with Crippen LogP contribution in [0.3, 0.4) is 0 Å². The van der Waals surface area contributed by atoms with Crippen LogP contribution in [0, 0.1) is 5.92 Å². The maximum Gasteiger partial charge on any atom is 0.252 e. The lowest BCUT2D eigenvalue weighted by atomic mass is 10.2. The highest BCUT2D eigenvalue weighted by Crippen LogP contribution is 2.31. The molecule has 86 valence electrons. The van der Waals surface area contributed by atoms with Gasteiger partial charge in [-0.2, -0.15) is 0 Å². The van der Waals surface area contributed by atoms with Gasteiger partial charge in [0.15, 0.2) is 0 Å². The summed E-state index contributed by atoms with van der Waals surface area (Å²) in [7, 11) is 0. The molecule has 0 radical (unpaired) electrons. The van der Waals surface area contributed by atoms with E-state index in [0.717, 1.165) is 12.3 Å². The maximum absolute atomic E-state index is 11.7. The standard InChI is InChI=1S/C11H12Cl2N2O/c12-9-6-15-10(13)5-8(9)11(16)14-4-3-7-1-2-7/h5-7H,1-4H2,(H,14,16). The van der Waals surface area contributed by atoms with Crippen LogP contribution in [0.15, 0.2) is 12.3 Å². The van der Waals surface area contributed by atoms with Crippen LogP contribution in [-0.4, -0.2) is 17.4 Å². The van der Waals surface area contributed by atoms with Gasteiger partial charge in [-0.1, -0.05) is 36.0 Å². The van der Waals surface area contributed by atoms with Crippen molar-refractivity contribution < 1.29 is 4.79 Å². The molecular formula is C11H12Cl2N2O. The van der Waals surface area contributed by atoms with Crippen LogP contribution in [0.4, 0.5) is 0 Å². The fraction of sp³-hybridized carbons (Fsp3) is 0.455. The summed E-state index contributed by atoms with van der Waals surface area (Å²) in [5.74, 6) is 0.617. The van der Waals surface area contributed by atoms with Crippen LogP contribution < -0.4 is 5.32 Å². The molecular weight excluding hydrogens is 247 g/mol. The number of carbonyl (C=O) groups is 1. The zero-order chi connectivity index (χ0) is 11.5. The van der Waals surface area contributed by atoms with Gasteiger partial charge in [0.05, 0.1) is 10.6 Å². The molecule has 1 N–H and O–H groups in total. The summed E-state index contributed by atoms with van der Waals surface area (Å²) >= 11 is 11.6. The summed E-state index contributed by atoms with van der Waals surface area (Å²) in [5, 5.41) is 3.43. The van der Waals surface area contributed by atoms with Crippen molar-refractivity contribution in [3.05, 3.63) is 28.0 Å². The third-order valence-electron chi connectivity index (χ3n) is 2.60. The third-order valence-corrected chi connectivity index (χ3v) is 3.11. The van der Waals surface area contributed by atoms with E-state index in [9.17, 15) is 4.79 Å².